The summed E-state index contributed by atoms with van der Waals surface area (Å²) in [5, 5.41) is 8.81. The van der Waals surface area contributed by atoms with Crippen LogP contribution in [-0.2, 0) is 9.59 Å². The van der Waals surface area contributed by atoms with E-state index in [1.165, 1.54) is 0 Å². The normalized spacial score (nSPS) is 28.2. The molecule has 1 amide bonds. The van der Waals surface area contributed by atoms with Crippen molar-refractivity contribution in [2.24, 2.45) is 5.92 Å². The third kappa shape index (κ3) is 1.82. The van der Waals surface area contributed by atoms with Gasteiger partial charge in [-0.05, 0) is 13.3 Å². The van der Waals surface area contributed by atoms with Gasteiger partial charge >= 0.3 is 5.97 Å². The van der Waals surface area contributed by atoms with Gasteiger partial charge in [0.15, 0.2) is 0 Å². The largest absolute Gasteiger partial charge is 0.481 e. The van der Waals surface area contributed by atoms with Crippen molar-refractivity contribution in [1.29, 1.82) is 0 Å². The minimum atomic E-state index is -0.862. The molecule has 1 aliphatic heterocycles. The Labute approximate surface area is 77.5 Å². The molecule has 0 aliphatic carbocycles. The van der Waals surface area contributed by atoms with E-state index >= 15 is 0 Å². The Morgan fingerprint density at radius 3 is 2.69 bits per heavy atom. The fraction of sp³-hybridized carbons (Fsp3) is 0.778. The quantitative estimate of drug-likeness (QED) is 0.704. The van der Waals surface area contributed by atoms with Gasteiger partial charge in [-0.1, -0.05) is 6.92 Å². The standard InChI is InChI=1S/C9H15NO3/c1-3-4-10-6(2)7(9(12)13)5-8(10)11/h6-7H,3-5H2,1-2H3,(H,12,13)/t6-,7-/m1/s1. The molecule has 1 fully saturated rings. The van der Waals surface area contributed by atoms with E-state index in [0.717, 1.165) is 6.42 Å². The predicted molar refractivity (Wildman–Crippen MR) is 47.2 cm³/mol. The highest BCUT2D eigenvalue weighted by molar-refractivity contribution is 5.86. The lowest BCUT2D eigenvalue weighted by Gasteiger charge is -2.22. The molecule has 0 saturated carbocycles. The molecule has 0 aromatic carbocycles. The maximum absolute atomic E-state index is 11.4. The van der Waals surface area contributed by atoms with Crippen molar-refractivity contribution in [2.75, 3.05) is 6.54 Å². The minimum Gasteiger partial charge on any atom is -0.481 e. The molecule has 1 N–H and O–H groups in total. The van der Waals surface area contributed by atoms with Gasteiger partial charge in [0.25, 0.3) is 0 Å². The molecular formula is C9H15NO3. The molecule has 0 radical (unpaired) electrons. The van der Waals surface area contributed by atoms with Gasteiger partial charge in [-0.25, -0.2) is 0 Å². The number of nitrogens with zero attached hydrogens (tertiary/aromatic N) is 1. The van der Waals surface area contributed by atoms with Crippen molar-refractivity contribution in [2.45, 2.75) is 32.7 Å². The van der Waals surface area contributed by atoms with Gasteiger partial charge in [0, 0.05) is 19.0 Å². The molecule has 0 unspecified atom stereocenters. The summed E-state index contributed by atoms with van der Waals surface area (Å²) in [5.74, 6) is -1.40. The van der Waals surface area contributed by atoms with Gasteiger partial charge in [-0.15, -0.1) is 0 Å². The van der Waals surface area contributed by atoms with Crippen molar-refractivity contribution >= 4 is 11.9 Å². The molecule has 0 bridgehead atoms. The maximum atomic E-state index is 11.4. The third-order valence-electron chi connectivity index (χ3n) is 2.57. The summed E-state index contributed by atoms with van der Waals surface area (Å²) in [4.78, 5) is 23.7. The van der Waals surface area contributed by atoms with Crippen LogP contribution in [-0.4, -0.2) is 34.5 Å². The summed E-state index contributed by atoms with van der Waals surface area (Å²) < 4.78 is 0. The van der Waals surface area contributed by atoms with Crippen molar-refractivity contribution in [3.05, 3.63) is 0 Å². The number of carbonyl (C=O) groups is 2. The summed E-state index contributed by atoms with van der Waals surface area (Å²) in [5.41, 5.74) is 0. The van der Waals surface area contributed by atoms with Crippen LogP contribution in [0.25, 0.3) is 0 Å². The van der Waals surface area contributed by atoms with Crippen LogP contribution < -0.4 is 0 Å². The molecule has 1 heterocycles. The Morgan fingerprint density at radius 2 is 2.31 bits per heavy atom. The highest BCUT2D eigenvalue weighted by Gasteiger charge is 2.40. The number of carboxylic acid groups (broad SMARTS) is 1. The van der Waals surface area contributed by atoms with Crippen LogP contribution in [0.5, 0.6) is 0 Å². The molecule has 0 spiro atoms. The monoisotopic (exact) mass is 185 g/mol. The molecule has 1 aliphatic rings. The molecular weight excluding hydrogens is 170 g/mol. The van der Waals surface area contributed by atoms with E-state index in [1.807, 2.05) is 6.92 Å². The second kappa shape index (κ2) is 3.77. The topological polar surface area (TPSA) is 57.6 Å². The first-order valence-electron chi connectivity index (χ1n) is 4.60. The zero-order valence-electron chi connectivity index (χ0n) is 7.99. The number of aliphatic carboxylic acids is 1. The van der Waals surface area contributed by atoms with Crippen molar-refractivity contribution in [3.63, 3.8) is 0 Å². The van der Waals surface area contributed by atoms with Crippen LogP contribution >= 0.6 is 0 Å². The van der Waals surface area contributed by atoms with Crippen LogP contribution in [0, 0.1) is 5.92 Å². The van der Waals surface area contributed by atoms with E-state index < -0.39 is 11.9 Å². The molecule has 0 aromatic heterocycles. The Hall–Kier alpha value is -1.06. The lowest BCUT2D eigenvalue weighted by atomic mass is 10.0. The van der Waals surface area contributed by atoms with Crippen LogP contribution in [0.2, 0.25) is 0 Å². The fourth-order valence-electron chi connectivity index (χ4n) is 1.78. The first-order chi connectivity index (χ1) is 6.07. The smallest absolute Gasteiger partial charge is 0.309 e. The SMILES string of the molecule is CCCN1C(=O)C[C@@H](C(=O)O)[C@H]1C. The highest BCUT2D eigenvalue weighted by atomic mass is 16.4. The van der Waals surface area contributed by atoms with E-state index in [4.69, 9.17) is 5.11 Å². The highest BCUT2D eigenvalue weighted by Crippen LogP contribution is 2.25. The van der Waals surface area contributed by atoms with Crippen LogP contribution in [0.15, 0.2) is 0 Å². The first kappa shape index (κ1) is 10.0. The fourth-order valence-corrected chi connectivity index (χ4v) is 1.78. The number of likely N-dealkylation sites (tertiary alicyclic amines) is 1. The summed E-state index contributed by atoms with van der Waals surface area (Å²) >= 11 is 0. The zero-order chi connectivity index (χ0) is 10.0. The Balaban J connectivity index is 2.69. The third-order valence-corrected chi connectivity index (χ3v) is 2.57. The van der Waals surface area contributed by atoms with Crippen LogP contribution in [0.4, 0.5) is 0 Å². The average molecular weight is 185 g/mol. The molecule has 4 nitrogen and oxygen atoms in total. The Kier molecular flexibility index (Phi) is 2.90. The van der Waals surface area contributed by atoms with Crippen LogP contribution in [0.3, 0.4) is 0 Å². The lowest BCUT2D eigenvalue weighted by molar-refractivity contribution is -0.142. The van der Waals surface area contributed by atoms with Crippen molar-refractivity contribution in [1.82, 2.24) is 4.90 Å². The summed E-state index contributed by atoms with van der Waals surface area (Å²) in [6.07, 6.45) is 1.04. The Bertz CT molecular complexity index is 227. The second-order valence-electron chi connectivity index (χ2n) is 3.48. The molecule has 4 heteroatoms. The van der Waals surface area contributed by atoms with Crippen molar-refractivity contribution < 1.29 is 14.7 Å². The average Bonchev–Trinajstić information content (AvgIpc) is 2.32. The molecule has 1 saturated heterocycles. The van der Waals surface area contributed by atoms with Gasteiger partial charge in [0.1, 0.15) is 0 Å². The second-order valence-corrected chi connectivity index (χ2v) is 3.48. The van der Waals surface area contributed by atoms with E-state index in [-0.39, 0.29) is 18.4 Å². The summed E-state index contributed by atoms with van der Waals surface area (Å²) in [7, 11) is 0. The van der Waals surface area contributed by atoms with E-state index in [1.54, 1.807) is 11.8 Å². The first-order valence-corrected chi connectivity index (χ1v) is 4.60. The molecule has 13 heavy (non-hydrogen) atoms. The van der Waals surface area contributed by atoms with Gasteiger partial charge in [-0.3, -0.25) is 9.59 Å². The minimum absolute atomic E-state index is 0.0262. The van der Waals surface area contributed by atoms with E-state index in [2.05, 4.69) is 0 Å². The molecule has 1 rings (SSSR count). The van der Waals surface area contributed by atoms with E-state index in [0.29, 0.717) is 6.54 Å². The van der Waals surface area contributed by atoms with Crippen molar-refractivity contribution in [3.8, 4) is 0 Å². The van der Waals surface area contributed by atoms with Gasteiger partial charge < -0.3 is 10.0 Å². The predicted octanol–water partition coefficient (Wildman–Crippen LogP) is 0.718. The number of rotatable bonds is 3. The Morgan fingerprint density at radius 1 is 1.69 bits per heavy atom. The summed E-state index contributed by atoms with van der Waals surface area (Å²) in [6, 6.07) is -0.148. The number of hydrogen-bond donors (Lipinski definition) is 1. The molecule has 74 valence electrons. The number of carbonyl (C=O) groups excluding carboxylic acids is 1. The lowest BCUT2D eigenvalue weighted by Crippen LogP contribution is -2.35. The molecule has 0 aromatic rings. The van der Waals surface area contributed by atoms with Crippen LogP contribution in [0.1, 0.15) is 26.7 Å². The number of amides is 1. The van der Waals surface area contributed by atoms with Gasteiger partial charge in [-0.2, -0.15) is 0 Å². The summed E-state index contributed by atoms with van der Waals surface area (Å²) in [6.45, 7) is 4.46. The van der Waals surface area contributed by atoms with Gasteiger partial charge in [0.2, 0.25) is 5.91 Å². The van der Waals surface area contributed by atoms with Gasteiger partial charge in [0.05, 0.1) is 5.92 Å². The molecule has 2 atom stereocenters. The number of carboxylic acids is 1. The van der Waals surface area contributed by atoms with E-state index in [9.17, 15) is 9.59 Å². The zero-order valence-corrected chi connectivity index (χ0v) is 7.99. The number of hydrogen-bond acceptors (Lipinski definition) is 2. The maximum Gasteiger partial charge on any atom is 0.309 e.